The van der Waals surface area contributed by atoms with Crippen LogP contribution in [0.3, 0.4) is 0 Å². The van der Waals surface area contributed by atoms with Crippen LogP contribution in [0.5, 0.6) is 5.75 Å². The predicted octanol–water partition coefficient (Wildman–Crippen LogP) is 1.62. The van der Waals surface area contributed by atoms with Gasteiger partial charge in [-0.2, -0.15) is 0 Å². The van der Waals surface area contributed by atoms with Crippen LogP contribution in [-0.2, 0) is 9.59 Å². The van der Waals surface area contributed by atoms with E-state index < -0.39 is 6.10 Å². The Bertz CT molecular complexity index is 552. The van der Waals surface area contributed by atoms with Gasteiger partial charge in [-0.15, -0.1) is 0 Å². The molecule has 0 spiro atoms. The molecule has 4 nitrogen and oxygen atoms in total. The Balaban J connectivity index is 2.09. The number of carbonyl (C=O) groups excluding carboxylic acids is 2. The second-order valence-electron chi connectivity index (χ2n) is 4.41. The van der Waals surface area contributed by atoms with E-state index in [-0.39, 0.29) is 35.7 Å². The molecule has 0 bridgehead atoms. The Morgan fingerprint density at radius 3 is 2.58 bits per heavy atom. The minimum Gasteiger partial charge on any atom is -0.508 e. The predicted molar refractivity (Wildman–Crippen MR) is 70.5 cm³/mol. The zero-order chi connectivity index (χ0) is 13.8. The lowest BCUT2D eigenvalue weighted by molar-refractivity contribution is -0.120. The molecule has 1 unspecified atom stereocenters. The van der Waals surface area contributed by atoms with Gasteiger partial charge < -0.3 is 10.2 Å². The number of aliphatic hydroxyl groups excluding tert-OH is 1. The first-order chi connectivity index (χ1) is 9.06. The Labute approximate surface area is 110 Å². The lowest BCUT2D eigenvalue weighted by Gasteiger charge is -2.16. The maximum absolute atomic E-state index is 11.9. The number of carbonyl (C=O) groups is 2. The van der Waals surface area contributed by atoms with Crippen LogP contribution in [0.25, 0.3) is 6.08 Å². The third kappa shape index (κ3) is 3.39. The van der Waals surface area contributed by atoms with Crippen LogP contribution in [0.4, 0.5) is 0 Å². The van der Waals surface area contributed by atoms with Crippen LogP contribution in [-0.4, -0.2) is 27.9 Å². The van der Waals surface area contributed by atoms with Crippen molar-refractivity contribution in [3.63, 3.8) is 0 Å². The smallest absolute Gasteiger partial charge is 0.184 e. The quantitative estimate of drug-likeness (QED) is 0.808. The van der Waals surface area contributed by atoms with Crippen LogP contribution >= 0.6 is 0 Å². The highest BCUT2D eigenvalue weighted by Crippen LogP contribution is 2.18. The van der Waals surface area contributed by atoms with Crippen LogP contribution in [0, 0.1) is 0 Å². The Hall–Kier alpha value is -2.20. The first-order valence-corrected chi connectivity index (χ1v) is 5.97. The third-order valence-corrected chi connectivity index (χ3v) is 2.93. The Morgan fingerprint density at radius 1 is 1.26 bits per heavy atom. The summed E-state index contributed by atoms with van der Waals surface area (Å²) in [6.07, 6.45) is 3.65. The fraction of sp³-hybridized carbons (Fsp3) is 0.200. The largest absolute Gasteiger partial charge is 0.508 e. The number of phenolic OH excluding ortho intramolecular Hbond substituents is 1. The number of allylic oxidation sites excluding steroid dienone is 2. The van der Waals surface area contributed by atoms with E-state index >= 15 is 0 Å². The van der Waals surface area contributed by atoms with E-state index in [0.717, 1.165) is 5.56 Å². The van der Waals surface area contributed by atoms with E-state index in [0.29, 0.717) is 0 Å². The van der Waals surface area contributed by atoms with Gasteiger partial charge in [-0.1, -0.05) is 24.3 Å². The molecule has 19 heavy (non-hydrogen) atoms. The standard InChI is InChI=1S/C15H14O4/c16-11-4-1-10(2-5-11)3-8-14(18)13-7-6-12(17)9-15(13)19/h1-5,7-8,15-16,19H,6,9H2. The van der Waals surface area contributed by atoms with Gasteiger partial charge in [-0.3, -0.25) is 9.59 Å². The van der Waals surface area contributed by atoms with Gasteiger partial charge in [0.2, 0.25) is 0 Å². The molecule has 2 N–H and O–H groups in total. The van der Waals surface area contributed by atoms with Crippen molar-refractivity contribution >= 4 is 17.6 Å². The van der Waals surface area contributed by atoms with Crippen molar-refractivity contribution in [1.29, 1.82) is 0 Å². The fourth-order valence-electron chi connectivity index (χ4n) is 1.89. The molecule has 0 amide bonds. The van der Waals surface area contributed by atoms with Crippen LogP contribution in [0.2, 0.25) is 0 Å². The number of phenols is 1. The third-order valence-electron chi connectivity index (χ3n) is 2.93. The van der Waals surface area contributed by atoms with Gasteiger partial charge in [0.1, 0.15) is 11.5 Å². The summed E-state index contributed by atoms with van der Waals surface area (Å²) >= 11 is 0. The molecule has 1 aliphatic carbocycles. The Kier molecular flexibility index (Phi) is 3.92. The molecule has 0 radical (unpaired) electrons. The summed E-state index contributed by atoms with van der Waals surface area (Å²) in [7, 11) is 0. The fourth-order valence-corrected chi connectivity index (χ4v) is 1.89. The molecule has 0 fully saturated rings. The number of benzene rings is 1. The van der Waals surface area contributed by atoms with Gasteiger partial charge in [-0.05, 0) is 23.8 Å². The van der Waals surface area contributed by atoms with E-state index in [4.69, 9.17) is 5.11 Å². The summed E-state index contributed by atoms with van der Waals surface area (Å²) in [5.41, 5.74) is 1.04. The first-order valence-electron chi connectivity index (χ1n) is 5.97. The molecule has 0 aromatic heterocycles. The summed E-state index contributed by atoms with van der Waals surface area (Å²) in [4.78, 5) is 23.0. The number of ketones is 2. The average Bonchev–Trinajstić information content (AvgIpc) is 2.37. The number of hydrogen-bond acceptors (Lipinski definition) is 4. The van der Waals surface area contributed by atoms with Crippen LogP contribution in [0.15, 0.2) is 42.0 Å². The van der Waals surface area contributed by atoms with Crippen molar-refractivity contribution in [2.75, 3.05) is 0 Å². The SMILES string of the molecule is O=C1CC=C(C(=O)C=Cc2ccc(O)cc2)C(O)C1. The lowest BCUT2D eigenvalue weighted by atomic mass is 9.92. The number of Topliss-reactive ketones (excluding diaryl/α,β-unsaturated/α-hetero) is 1. The molecule has 0 aliphatic heterocycles. The molecule has 1 atom stereocenters. The highest BCUT2D eigenvalue weighted by Gasteiger charge is 2.23. The van der Waals surface area contributed by atoms with E-state index in [1.54, 1.807) is 18.2 Å². The number of hydrogen-bond donors (Lipinski definition) is 2. The highest BCUT2D eigenvalue weighted by atomic mass is 16.3. The molecule has 0 heterocycles. The normalized spacial score (nSPS) is 19.5. The number of aliphatic hydroxyl groups is 1. The second-order valence-corrected chi connectivity index (χ2v) is 4.41. The van der Waals surface area contributed by atoms with Gasteiger partial charge in [0.05, 0.1) is 6.10 Å². The summed E-state index contributed by atoms with van der Waals surface area (Å²) in [5, 5.41) is 18.8. The van der Waals surface area contributed by atoms with E-state index in [1.807, 2.05) is 0 Å². The maximum Gasteiger partial charge on any atom is 0.184 e. The molecule has 1 aromatic carbocycles. The topological polar surface area (TPSA) is 74.6 Å². The summed E-state index contributed by atoms with van der Waals surface area (Å²) < 4.78 is 0. The molecule has 4 heteroatoms. The van der Waals surface area contributed by atoms with Gasteiger partial charge >= 0.3 is 0 Å². The molecule has 2 rings (SSSR count). The van der Waals surface area contributed by atoms with Crippen LogP contribution < -0.4 is 0 Å². The van der Waals surface area contributed by atoms with Crippen molar-refractivity contribution < 1.29 is 19.8 Å². The van der Waals surface area contributed by atoms with Gasteiger partial charge in [0, 0.05) is 18.4 Å². The molecule has 1 aliphatic rings. The summed E-state index contributed by atoms with van der Waals surface area (Å²) in [6, 6.07) is 6.40. The molecular weight excluding hydrogens is 244 g/mol. The molecule has 98 valence electrons. The molecular formula is C15H14O4. The van der Waals surface area contributed by atoms with Crippen molar-refractivity contribution in [1.82, 2.24) is 0 Å². The van der Waals surface area contributed by atoms with Crippen LogP contribution in [0.1, 0.15) is 18.4 Å². The van der Waals surface area contributed by atoms with E-state index in [9.17, 15) is 14.7 Å². The summed E-state index contributed by atoms with van der Waals surface area (Å²) in [6.45, 7) is 0. The zero-order valence-electron chi connectivity index (χ0n) is 10.2. The Morgan fingerprint density at radius 2 is 1.95 bits per heavy atom. The van der Waals surface area contributed by atoms with Crippen molar-refractivity contribution in [2.24, 2.45) is 0 Å². The molecule has 1 aromatic rings. The minimum atomic E-state index is -1.00. The van der Waals surface area contributed by atoms with Gasteiger partial charge in [0.25, 0.3) is 0 Å². The molecule has 0 saturated heterocycles. The minimum absolute atomic E-state index is 0.00459. The average molecular weight is 258 g/mol. The monoisotopic (exact) mass is 258 g/mol. The maximum atomic E-state index is 11.9. The zero-order valence-corrected chi connectivity index (χ0v) is 10.2. The first kappa shape index (κ1) is 13.2. The molecule has 0 saturated carbocycles. The lowest BCUT2D eigenvalue weighted by Crippen LogP contribution is -2.24. The van der Waals surface area contributed by atoms with Crippen molar-refractivity contribution in [3.8, 4) is 5.75 Å². The van der Waals surface area contributed by atoms with E-state index in [1.165, 1.54) is 24.3 Å². The summed E-state index contributed by atoms with van der Waals surface area (Å²) in [5.74, 6) is -0.202. The van der Waals surface area contributed by atoms with Gasteiger partial charge in [-0.25, -0.2) is 0 Å². The van der Waals surface area contributed by atoms with Crippen molar-refractivity contribution in [2.45, 2.75) is 18.9 Å². The number of aromatic hydroxyl groups is 1. The highest BCUT2D eigenvalue weighted by molar-refractivity contribution is 6.08. The van der Waals surface area contributed by atoms with Crippen molar-refractivity contribution in [3.05, 3.63) is 47.6 Å². The van der Waals surface area contributed by atoms with E-state index in [2.05, 4.69) is 0 Å². The number of rotatable bonds is 3. The second kappa shape index (κ2) is 5.63. The van der Waals surface area contributed by atoms with Gasteiger partial charge in [0.15, 0.2) is 5.78 Å².